The molecule has 170 valence electrons. The molecule has 2 aliphatic rings. The smallest absolute Gasteiger partial charge is 0.247 e. The largest absolute Gasteiger partial charge is 0.267 e. The fourth-order valence-corrected chi connectivity index (χ4v) is 12.6. The molecule has 5 nitrogen and oxygen atoms in total. The second-order valence-corrected chi connectivity index (χ2v) is 15.9. The predicted molar refractivity (Wildman–Crippen MR) is 145 cm³/mol. The third kappa shape index (κ3) is 5.81. The van der Waals surface area contributed by atoms with Crippen LogP contribution in [0.1, 0.15) is 18.4 Å². The lowest BCUT2D eigenvalue weighted by Crippen LogP contribution is -2.10. The highest BCUT2D eigenvalue weighted by atomic mass is 32.3. The summed E-state index contributed by atoms with van der Waals surface area (Å²) in [6, 6.07) is 11.2. The summed E-state index contributed by atoms with van der Waals surface area (Å²) in [5, 5.41) is 17.7. The maximum atomic E-state index is 13.0. The number of aromatic nitrogens is 1. The molecule has 0 bridgehead atoms. The van der Waals surface area contributed by atoms with Crippen molar-refractivity contribution in [2.75, 3.05) is 11.5 Å². The van der Waals surface area contributed by atoms with Gasteiger partial charge in [-0.3, -0.25) is 0 Å². The highest BCUT2D eigenvalue weighted by Crippen LogP contribution is 2.64. The number of rotatable bonds is 8. The van der Waals surface area contributed by atoms with Crippen molar-refractivity contribution in [1.82, 2.24) is 3.97 Å². The third-order valence-corrected chi connectivity index (χ3v) is 14.5. The van der Waals surface area contributed by atoms with E-state index in [4.69, 9.17) is 10.5 Å². The van der Waals surface area contributed by atoms with Crippen LogP contribution in [0.2, 0.25) is 0 Å². The lowest BCUT2D eigenvalue weighted by atomic mass is 10.2. The van der Waals surface area contributed by atoms with Crippen molar-refractivity contribution in [1.29, 1.82) is 10.5 Å². The van der Waals surface area contributed by atoms with E-state index < -0.39 is 10.0 Å². The predicted octanol–water partition coefficient (Wildman–Crippen LogP) is 7.26. The fraction of sp³-hybridized carbons (Fsp3) is 0.238. The van der Waals surface area contributed by atoms with Gasteiger partial charge < -0.3 is 0 Å². The van der Waals surface area contributed by atoms with Crippen molar-refractivity contribution in [3.05, 3.63) is 59.2 Å². The molecule has 0 N–H and O–H groups in total. The van der Waals surface area contributed by atoms with E-state index in [0.29, 0.717) is 12.8 Å². The molecule has 4 rings (SSSR count). The Morgan fingerprint density at radius 1 is 0.848 bits per heavy atom. The Bertz CT molecular complexity index is 1250. The number of hydrogen-bond donors (Lipinski definition) is 0. The van der Waals surface area contributed by atoms with Gasteiger partial charge in [-0.05, 0) is 19.1 Å². The first-order valence-electron chi connectivity index (χ1n) is 9.66. The molecule has 1 aromatic heterocycles. The Hall–Kier alpha value is -0.990. The molecule has 0 spiro atoms. The van der Waals surface area contributed by atoms with E-state index >= 15 is 0 Å². The maximum Gasteiger partial charge on any atom is 0.267 e. The molecular weight excluding hydrogens is 551 g/mol. The van der Waals surface area contributed by atoms with Crippen LogP contribution in [-0.4, -0.2) is 23.9 Å². The summed E-state index contributed by atoms with van der Waals surface area (Å²) < 4.78 is 32.0. The van der Waals surface area contributed by atoms with Crippen LogP contribution >= 0.6 is 70.6 Å². The lowest BCUT2D eigenvalue weighted by Gasteiger charge is -2.07. The number of nitrogens with zero attached hydrogens (tertiary/aromatic N) is 3. The summed E-state index contributed by atoms with van der Waals surface area (Å²) in [7, 11) is -3.62. The number of benzene rings is 1. The Kier molecular flexibility index (Phi) is 8.50. The van der Waals surface area contributed by atoms with Gasteiger partial charge in [0.05, 0.1) is 34.0 Å². The highest BCUT2D eigenvalue weighted by molar-refractivity contribution is 8.42. The standard InChI is InChI=1S/C21H17N3O2S7/c1-14-4-6-15(7-5-14)33(25,26)24-12-16-17(13-24)30-20(29-16)21-31-18(27-10-2-8-22)19(32-21)28-11-3-9-23/h4-7,12-13H,2-3,10-11H2,1H3. The van der Waals surface area contributed by atoms with E-state index in [-0.39, 0.29) is 4.90 Å². The monoisotopic (exact) mass is 567 g/mol. The quantitative estimate of drug-likeness (QED) is 0.304. The number of thioether (sulfide) groups is 6. The van der Waals surface area contributed by atoms with Gasteiger partial charge in [-0.2, -0.15) is 10.5 Å². The topological polar surface area (TPSA) is 86.7 Å². The van der Waals surface area contributed by atoms with E-state index in [9.17, 15) is 8.42 Å². The lowest BCUT2D eigenvalue weighted by molar-refractivity contribution is 0.587. The molecule has 0 unspecified atom stereocenters. The average Bonchev–Trinajstić information content (AvgIpc) is 3.48. The number of nitriles is 2. The molecule has 0 atom stereocenters. The zero-order chi connectivity index (χ0) is 23.4. The second kappa shape index (κ2) is 11.2. The van der Waals surface area contributed by atoms with Crippen LogP contribution in [0.4, 0.5) is 0 Å². The van der Waals surface area contributed by atoms with Gasteiger partial charge in [0.25, 0.3) is 10.0 Å². The maximum absolute atomic E-state index is 13.0. The molecule has 0 fully saturated rings. The highest BCUT2D eigenvalue weighted by Gasteiger charge is 2.31. The Morgan fingerprint density at radius 2 is 1.33 bits per heavy atom. The molecule has 2 aromatic rings. The van der Waals surface area contributed by atoms with Gasteiger partial charge in [0.15, 0.2) is 0 Å². The molecule has 0 amide bonds. The minimum Gasteiger partial charge on any atom is -0.247 e. The van der Waals surface area contributed by atoms with E-state index in [1.165, 1.54) is 16.7 Å². The summed E-state index contributed by atoms with van der Waals surface area (Å²) in [5.41, 5.74) is 1.02. The van der Waals surface area contributed by atoms with Gasteiger partial charge in [-0.25, -0.2) is 12.4 Å². The molecule has 0 saturated carbocycles. The number of hydrogen-bond acceptors (Lipinski definition) is 10. The molecule has 0 radical (unpaired) electrons. The first-order valence-corrected chi connectivity index (χ1v) is 16.3. The summed E-state index contributed by atoms with van der Waals surface area (Å²) in [6.07, 6.45) is 4.38. The van der Waals surface area contributed by atoms with Gasteiger partial charge in [-0.15, -0.1) is 23.5 Å². The zero-order valence-electron chi connectivity index (χ0n) is 17.3. The molecule has 2 aliphatic heterocycles. The van der Waals surface area contributed by atoms with Crippen molar-refractivity contribution in [2.45, 2.75) is 34.5 Å². The fourth-order valence-electron chi connectivity index (χ4n) is 2.73. The van der Waals surface area contributed by atoms with Crippen LogP contribution in [0.15, 0.2) is 68.3 Å². The summed E-state index contributed by atoms with van der Waals surface area (Å²) >= 11 is 9.99. The van der Waals surface area contributed by atoms with Gasteiger partial charge in [0, 0.05) is 46.5 Å². The van der Waals surface area contributed by atoms with E-state index in [1.807, 2.05) is 6.92 Å². The molecule has 3 heterocycles. The van der Waals surface area contributed by atoms with Crippen LogP contribution in [0, 0.1) is 29.6 Å². The van der Waals surface area contributed by atoms with Gasteiger partial charge in [-0.1, -0.05) is 64.7 Å². The summed E-state index contributed by atoms with van der Waals surface area (Å²) in [6.45, 7) is 1.93. The second-order valence-electron chi connectivity index (χ2n) is 6.71. The van der Waals surface area contributed by atoms with Crippen LogP contribution in [-0.2, 0) is 10.0 Å². The molecule has 0 saturated heterocycles. The van der Waals surface area contributed by atoms with E-state index in [0.717, 1.165) is 31.1 Å². The summed E-state index contributed by atoms with van der Waals surface area (Å²) in [4.78, 5) is 2.15. The van der Waals surface area contributed by atoms with Crippen molar-refractivity contribution >= 4 is 80.6 Å². The zero-order valence-corrected chi connectivity index (χ0v) is 23.0. The number of fused-ring (bicyclic) bond motifs is 1. The Balaban J connectivity index is 1.50. The van der Waals surface area contributed by atoms with Gasteiger partial charge in [0.2, 0.25) is 0 Å². The SMILES string of the molecule is Cc1ccc(S(=O)(=O)n2cc3c(c2)SC(=C2SC(SCCC#N)=C(SCCC#N)S2)S3)cc1. The Labute approximate surface area is 219 Å². The molecule has 1 aromatic carbocycles. The molecule has 0 aliphatic carbocycles. The van der Waals surface area contributed by atoms with Crippen LogP contribution in [0.25, 0.3) is 0 Å². The van der Waals surface area contributed by atoms with Crippen molar-refractivity contribution in [3.63, 3.8) is 0 Å². The van der Waals surface area contributed by atoms with Crippen LogP contribution in [0.3, 0.4) is 0 Å². The van der Waals surface area contributed by atoms with Crippen LogP contribution < -0.4 is 0 Å². The summed E-state index contributed by atoms with van der Waals surface area (Å²) in [5.74, 6) is 1.49. The van der Waals surface area contributed by atoms with Crippen molar-refractivity contribution in [3.8, 4) is 12.1 Å². The normalized spacial score (nSPS) is 15.6. The minimum absolute atomic E-state index is 0.277. The molecule has 33 heavy (non-hydrogen) atoms. The minimum atomic E-state index is -3.62. The van der Waals surface area contributed by atoms with Crippen molar-refractivity contribution < 1.29 is 8.42 Å². The average molecular weight is 568 g/mol. The first kappa shape index (κ1) is 25.1. The first-order chi connectivity index (χ1) is 15.9. The number of aryl methyl sites for hydroxylation is 1. The van der Waals surface area contributed by atoms with E-state index in [2.05, 4.69) is 12.1 Å². The van der Waals surface area contributed by atoms with Crippen molar-refractivity contribution in [2.24, 2.45) is 0 Å². The van der Waals surface area contributed by atoms with E-state index in [1.54, 1.807) is 107 Å². The van der Waals surface area contributed by atoms with Crippen LogP contribution in [0.5, 0.6) is 0 Å². The molecule has 12 heteroatoms. The van der Waals surface area contributed by atoms with Gasteiger partial charge in [0.1, 0.15) is 0 Å². The third-order valence-electron chi connectivity index (χ3n) is 4.33. The Morgan fingerprint density at radius 3 is 1.82 bits per heavy atom. The van der Waals surface area contributed by atoms with Gasteiger partial charge >= 0.3 is 0 Å². The molecular formula is C21H17N3O2S7.